The Morgan fingerprint density at radius 1 is 1.47 bits per heavy atom. The van der Waals surface area contributed by atoms with E-state index in [0.717, 1.165) is 44.1 Å². The predicted octanol–water partition coefficient (Wildman–Crippen LogP) is 0.772. The second-order valence-electron chi connectivity index (χ2n) is 4.60. The van der Waals surface area contributed by atoms with Gasteiger partial charge >= 0.3 is 0 Å². The van der Waals surface area contributed by atoms with Crippen LogP contribution in [0.5, 0.6) is 0 Å². The lowest BCUT2D eigenvalue weighted by molar-refractivity contribution is -0.136. The summed E-state index contributed by atoms with van der Waals surface area (Å²) in [6.07, 6.45) is 2.85. The van der Waals surface area contributed by atoms with Crippen LogP contribution in [0.15, 0.2) is 6.20 Å². The maximum atomic E-state index is 11.8. The highest BCUT2D eigenvalue weighted by Crippen LogP contribution is 2.07. The molecule has 0 atom stereocenters. The molecule has 0 aliphatic carbocycles. The van der Waals surface area contributed by atoms with E-state index in [0.29, 0.717) is 6.54 Å². The molecule has 1 fully saturated rings. The summed E-state index contributed by atoms with van der Waals surface area (Å²) in [6, 6.07) is 0. The van der Waals surface area contributed by atoms with Gasteiger partial charge < -0.3 is 9.88 Å². The summed E-state index contributed by atoms with van der Waals surface area (Å²) >= 11 is 0. The van der Waals surface area contributed by atoms with Crippen molar-refractivity contribution in [3.63, 3.8) is 0 Å². The average Bonchev–Trinajstić information content (AvgIpc) is 2.68. The van der Waals surface area contributed by atoms with Crippen molar-refractivity contribution in [3.8, 4) is 0 Å². The van der Waals surface area contributed by atoms with Crippen LogP contribution < -0.4 is 0 Å². The molecule has 1 aromatic heterocycles. The van der Waals surface area contributed by atoms with Gasteiger partial charge in [-0.1, -0.05) is 6.92 Å². The van der Waals surface area contributed by atoms with Crippen LogP contribution in [0.25, 0.3) is 0 Å². The van der Waals surface area contributed by atoms with Gasteiger partial charge in [0, 0.05) is 31.5 Å². The zero-order valence-corrected chi connectivity index (χ0v) is 10.6. The predicted molar refractivity (Wildman–Crippen MR) is 65.5 cm³/mol. The van der Waals surface area contributed by atoms with Crippen molar-refractivity contribution < 1.29 is 4.79 Å². The van der Waals surface area contributed by atoms with Crippen molar-refractivity contribution in [1.29, 1.82) is 0 Å². The van der Waals surface area contributed by atoms with Crippen LogP contribution in [0.1, 0.15) is 24.9 Å². The van der Waals surface area contributed by atoms with Crippen molar-refractivity contribution in [2.75, 3.05) is 26.2 Å². The van der Waals surface area contributed by atoms with Gasteiger partial charge in [-0.05, 0) is 13.3 Å². The molecule has 1 aliphatic heterocycles. The molecule has 2 rings (SSSR count). The number of imidazole rings is 1. The molecular formula is C12H20N4O. The summed E-state index contributed by atoms with van der Waals surface area (Å²) in [5.41, 5.74) is 1.07. The minimum absolute atomic E-state index is 0.237. The van der Waals surface area contributed by atoms with Crippen LogP contribution in [-0.2, 0) is 11.3 Å². The Labute approximate surface area is 102 Å². The van der Waals surface area contributed by atoms with Gasteiger partial charge in [0.05, 0.1) is 13.1 Å². The van der Waals surface area contributed by atoms with Gasteiger partial charge in [0.25, 0.3) is 0 Å². The molecule has 0 radical (unpaired) electrons. The molecule has 0 unspecified atom stereocenters. The number of aryl methyl sites for hydroxylation is 1. The summed E-state index contributed by atoms with van der Waals surface area (Å²) in [5, 5.41) is 0. The van der Waals surface area contributed by atoms with Crippen molar-refractivity contribution in [2.45, 2.75) is 26.8 Å². The number of carbonyl (C=O) groups is 1. The van der Waals surface area contributed by atoms with E-state index in [4.69, 9.17) is 0 Å². The van der Waals surface area contributed by atoms with E-state index < -0.39 is 0 Å². The SMILES string of the molecule is CCCN1CCN(Cc2ncc(C)[nH]2)CC1=O. The first-order valence-corrected chi connectivity index (χ1v) is 6.19. The number of aromatic amines is 1. The minimum atomic E-state index is 0.237. The molecule has 0 aromatic carbocycles. The van der Waals surface area contributed by atoms with Crippen LogP contribution in [0.3, 0.4) is 0 Å². The molecule has 5 heteroatoms. The normalized spacial score (nSPS) is 17.8. The molecule has 0 saturated carbocycles. The summed E-state index contributed by atoms with van der Waals surface area (Å²) in [7, 11) is 0. The first-order valence-electron chi connectivity index (χ1n) is 6.19. The topological polar surface area (TPSA) is 52.2 Å². The zero-order valence-electron chi connectivity index (χ0n) is 10.6. The summed E-state index contributed by atoms with van der Waals surface area (Å²) in [6.45, 7) is 8.00. The fourth-order valence-electron chi connectivity index (χ4n) is 2.16. The lowest BCUT2D eigenvalue weighted by Gasteiger charge is -2.33. The molecule has 94 valence electrons. The number of amides is 1. The smallest absolute Gasteiger partial charge is 0.236 e. The summed E-state index contributed by atoms with van der Waals surface area (Å²) in [4.78, 5) is 23.4. The second kappa shape index (κ2) is 5.31. The van der Waals surface area contributed by atoms with Crippen LogP contribution in [-0.4, -0.2) is 51.9 Å². The maximum absolute atomic E-state index is 11.8. The highest BCUT2D eigenvalue weighted by atomic mass is 16.2. The van der Waals surface area contributed by atoms with Gasteiger partial charge in [-0.3, -0.25) is 9.69 Å². The van der Waals surface area contributed by atoms with Crippen molar-refractivity contribution >= 4 is 5.91 Å². The van der Waals surface area contributed by atoms with E-state index in [1.807, 2.05) is 18.0 Å². The maximum Gasteiger partial charge on any atom is 0.236 e. The highest BCUT2D eigenvalue weighted by molar-refractivity contribution is 5.78. The van der Waals surface area contributed by atoms with Gasteiger partial charge in [0.15, 0.2) is 0 Å². The fraction of sp³-hybridized carbons (Fsp3) is 0.667. The van der Waals surface area contributed by atoms with E-state index in [2.05, 4.69) is 21.8 Å². The number of nitrogens with one attached hydrogen (secondary N) is 1. The lowest BCUT2D eigenvalue weighted by atomic mass is 10.3. The molecule has 1 N–H and O–H groups in total. The van der Waals surface area contributed by atoms with E-state index in [1.165, 1.54) is 0 Å². The second-order valence-corrected chi connectivity index (χ2v) is 4.60. The number of rotatable bonds is 4. The van der Waals surface area contributed by atoms with Crippen molar-refractivity contribution in [3.05, 3.63) is 17.7 Å². The van der Waals surface area contributed by atoms with Crippen LogP contribution in [0, 0.1) is 6.92 Å². The van der Waals surface area contributed by atoms with E-state index >= 15 is 0 Å². The number of aromatic nitrogens is 2. The Balaban J connectivity index is 1.87. The number of piperazine rings is 1. The van der Waals surface area contributed by atoms with Gasteiger partial charge in [0.2, 0.25) is 5.91 Å². The summed E-state index contributed by atoms with van der Waals surface area (Å²) < 4.78 is 0. The van der Waals surface area contributed by atoms with E-state index in [-0.39, 0.29) is 5.91 Å². The van der Waals surface area contributed by atoms with Crippen molar-refractivity contribution in [1.82, 2.24) is 19.8 Å². The molecule has 0 spiro atoms. The van der Waals surface area contributed by atoms with Crippen LogP contribution >= 0.6 is 0 Å². The van der Waals surface area contributed by atoms with Gasteiger partial charge in [-0.2, -0.15) is 0 Å². The number of H-pyrrole nitrogens is 1. The molecule has 2 heterocycles. The van der Waals surface area contributed by atoms with Gasteiger partial charge in [-0.15, -0.1) is 0 Å². The lowest BCUT2D eigenvalue weighted by Crippen LogP contribution is -2.50. The third kappa shape index (κ3) is 3.06. The zero-order chi connectivity index (χ0) is 12.3. The standard InChI is InChI=1S/C12H20N4O/c1-3-4-16-6-5-15(9-12(16)17)8-11-13-7-10(2)14-11/h7H,3-6,8-9H2,1-2H3,(H,13,14). The third-order valence-electron chi connectivity index (χ3n) is 3.02. The Hall–Kier alpha value is -1.36. The molecule has 17 heavy (non-hydrogen) atoms. The molecule has 0 bridgehead atoms. The fourth-order valence-corrected chi connectivity index (χ4v) is 2.16. The Kier molecular flexibility index (Phi) is 3.78. The number of hydrogen-bond acceptors (Lipinski definition) is 3. The van der Waals surface area contributed by atoms with E-state index in [1.54, 1.807) is 0 Å². The first-order chi connectivity index (χ1) is 8.19. The minimum Gasteiger partial charge on any atom is -0.345 e. The number of carbonyl (C=O) groups excluding carboxylic acids is 1. The molecular weight excluding hydrogens is 216 g/mol. The molecule has 1 amide bonds. The number of hydrogen-bond donors (Lipinski definition) is 1. The Morgan fingerprint density at radius 2 is 2.29 bits per heavy atom. The molecule has 5 nitrogen and oxygen atoms in total. The summed E-state index contributed by atoms with van der Waals surface area (Å²) in [5.74, 6) is 1.18. The highest BCUT2D eigenvalue weighted by Gasteiger charge is 2.23. The molecule has 1 aliphatic rings. The van der Waals surface area contributed by atoms with Crippen LogP contribution in [0.2, 0.25) is 0 Å². The number of nitrogens with zero attached hydrogens (tertiary/aromatic N) is 3. The van der Waals surface area contributed by atoms with Crippen molar-refractivity contribution in [2.24, 2.45) is 0 Å². The first kappa shape index (κ1) is 12.1. The van der Waals surface area contributed by atoms with Gasteiger partial charge in [-0.25, -0.2) is 4.98 Å². The quantitative estimate of drug-likeness (QED) is 0.840. The average molecular weight is 236 g/mol. The Morgan fingerprint density at radius 3 is 2.88 bits per heavy atom. The third-order valence-corrected chi connectivity index (χ3v) is 3.02. The van der Waals surface area contributed by atoms with E-state index in [9.17, 15) is 4.79 Å². The van der Waals surface area contributed by atoms with Crippen LogP contribution in [0.4, 0.5) is 0 Å². The largest absolute Gasteiger partial charge is 0.345 e. The Bertz CT molecular complexity index is 388. The molecule has 1 saturated heterocycles. The molecule has 1 aromatic rings. The van der Waals surface area contributed by atoms with Gasteiger partial charge in [0.1, 0.15) is 5.82 Å². The monoisotopic (exact) mass is 236 g/mol.